The van der Waals surface area contributed by atoms with Crippen molar-refractivity contribution in [3.8, 4) is 0 Å². The van der Waals surface area contributed by atoms with E-state index in [9.17, 15) is 9.59 Å². The number of rotatable bonds is 3. The molecule has 0 saturated carbocycles. The number of halogens is 1. The van der Waals surface area contributed by atoms with E-state index in [2.05, 4.69) is 10.6 Å². The minimum Gasteiger partial charge on any atom is -0.478 e. The van der Waals surface area contributed by atoms with Crippen molar-refractivity contribution in [2.75, 3.05) is 10.6 Å². The summed E-state index contributed by atoms with van der Waals surface area (Å²) in [5, 5.41) is 14.5. The fraction of sp³-hybridized carbons (Fsp3) is 0.0667. The minimum atomic E-state index is -1.11. The van der Waals surface area contributed by atoms with Gasteiger partial charge in [-0.05, 0) is 36.8 Å². The second-order valence-corrected chi connectivity index (χ2v) is 4.82. The lowest BCUT2D eigenvalue weighted by molar-refractivity contribution is 0.0698. The molecule has 0 fully saturated rings. The van der Waals surface area contributed by atoms with Gasteiger partial charge < -0.3 is 15.7 Å². The van der Waals surface area contributed by atoms with Crippen LogP contribution in [0, 0.1) is 6.92 Å². The van der Waals surface area contributed by atoms with E-state index >= 15 is 0 Å². The first kappa shape index (κ1) is 14.9. The van der Waals surface area contributed by atoms with E-state index in [1.807, 2.05) is 13.0 Å². The van der Waals surface area contributed by atoms with Gasteiger partial charge in [-0.15, -0.1) is 0 Å². The number of carbonyl (C=O) groups excluding carboxylic acids is 1. The first-order valence-electron chi connectivity index (χ1n) is 6.14. The van der Waals surface area contributed by atoms with Crippen molar-refractivity contribution in [1.29, 1.82) is 0 Å². The molecule has 2 aromatic rings. The number of aromatic carboxylic acids is 1. The molecule has 0 unspecified atom stereocenters. The molecule has 5 nitrogen and oxygen atoms in total. The molecule has 108 valence electrons. The Bertz CT molecular complexity index is 701. The quantitative estimate of drug-likeness (QED) is 0.802. The molecule has 0 aliphatic carbocycles. The standard InChI is InChI=1S/C15H13ClN2O3/c1-9-6-7-13(11(16)8-9)18-15(21)17-12-5-3-2-4-10(12)14(19)20/h2-8H,1H3,(H,19,20)(H2,17,18,21). The molecule has 6 heteroatoms. The number of hydrogen-bond donors (Lipinski definition) is 3. The summed E-state index contributed by atoms with van der Waals surface area (Å²) in [6.07, 6.45) is 0. The highest BCUT2D eigenvalue weighted by atomic mass is 35.5. The Labute approximate surface area is 126 Å². The molecule has 2 amide bonds. The van der Waals surface area contributed by atoms with Gasteiger partial charge in [0, 0.05) is 0 Å². The van der Waals surface area contributed by atoms with Gasteiger partial charge in [-0.1, -0.05) is 29.8 Å². The van der Waals surface area contributed by atoms with Crippen LogP contribution in [0.4, 0.5) is 16.2 Å². The smallest absolute Gasteiger partial charge is 0.337 e. The van der Waals surface area contributed by atoms with Gasteiger partial charge in [0.25, 0.3) is 0 Å². The fourth-order valence-electron chi connectivity index (χ4n) is 1.78. The van der Waals surface area contributed by atoms with Crippen LogP contribution in [0.15, 0.2) is 42.5 Å². The van der Waals surface area contributed by atoms with Crippen LogP contribution in [0.25, 0.3) is 0 Å². The molecule has 2 rings (SSSR count). The third kappa shape index (κ3) is 3.73. The molecular weight excluding hydrogens is 292 g/mol. The van der Waals surface area contributed by atoms with E-state index in [-0.39, 0.29) is 11.3 Å². The number of benzene rings is 2. The topological polar surface area (TPSA) is 78.4 Å². The van der Waals surface area contributed by atoms with Crippen LogP contribution >= 0.6 is 11.6 Å². The largest absolute Gasteiger partial charge is 0.478 e. The molecule has 0 saturated heterocycles. The Morgan fingerprint density at radius 3 is 2.38 bits per heavy atom. The van der Waals surface area contributed by atoms with Gasteiger partial charge in [0.05, 0.1) is 22.0 Å². The van der Waals surface area contributed by atoms with Crippen molar-refractivity contribution in [3.05, 3.63) is 58.6 Å². The van der Waals surface area contributed by atoms with Crippen LogP contribution in [0.2, 0.25) is 5.02 Å². The molecule has 0 bridgehead atoms. The van der Waals surface area contributed by atoms with E-state index in [1.54, 1.807) is 24.3 Å². The first-order valence-corrected chi connectivity index (χ1v) is 6.51. The molecule has 0 spiro atoms. The van der Waals surface area contributed by atoms with Crippen LogP contribution < -0.4 is 10.6 Å². The third-order valence-electron chi connectivity index (χ3n) is 2.78. The summed E-state index contributed by atoms with van der Waals surface area (Å²) in [5.74, 6) is -1.11. The van der Waals surface area contributed by atoms with E-state index in [1.165, 1.54) is 12.1 Å². The molecular formula is C15H13ClN2O3. The number of anilines is 2. The lowest BCUT2D eigenvalue weighted by Gasteiger charge is -2.11. The van der Waals surface area contributed by atoms with Crippen LogP contribution in [0.5, 0.6) is 0 Å². The first-order chi connectivity index (χ1) is 9.97. The summed E-state index contributed by atoms with van der Waals surface area (Å²) in [4.78, 5) is 23.0. The number of nitrogens with one attached hydrogen (secondary N) is 2. The molecule has 0 heterocycles. The SMILES string of the molecule is Cc1ccc(NC(=O)Nc2ccccc2C(=O)O)c(Cl)c1. The Hall–Kier alpha value is -2.53. The van der Waals surface area contributed by atoms with E-state index in [4.69, 9.17) is 16.7 Å². The van der Waals surface area contributed by atoms with E-state index < -0.39 is 12.0 Å². The highest BCUT2D eigenvalue weighted by molar-refractivity contribution is 6.33. The summed E-state index contributed by atoms with van der Waals surface area (Å²) in [6, 6.07) is 10.8. The Balaban J connectivity index is 2.14. The number of hydrogen-bond acceptors (Lipinski definition) is 2. The molecule has 0 radical (unpaired) electrons. The number of aryl methyl sites for hydroxylation is 1. The summed E-state index contributed by atoms with van der Waals surface area (Å²) >= 11 is 6.02. The van der Waals surface area contributed by atoms with Crippen molar-refractivity contribution in [2.45, 2.75) is 6.92 Å². The zero-order valence-corrected chi connectivity index (χ0v) is 11.9. The molecule has 21 heavy (non-hydrogen) atoms. The predicted molar refractivity (Wildman–Crippen MR) is 82.2 cm³/mol. The lowest BCUT2D eigenvalue weighted by Crippen LogP contribution is -2.21. The molecule has 0 aliphatic heterocycles. The number of carbonyl (C=O) groups is 2. The zero-order chi connectivity index (χ0) is 15.4. The van der Waals surface area contributed by atoms with Crippen LogP contribution in [-0.4, -0.2) is 17.1 Å². The minimum absolute atomic E-state index is 0.0163. The average molecular weight is 305 g/mol. The van der Waals surface area contributed by atoms with Gasteiger partial charge in [0.1, 0.15) is 0 Å². The van der Waals surface area contributed by atoms with Gasteiger partial charge in [0.2, 0.25) is 0 Å². The average Bonchev–Trinajstić information content (AvgIpc) is 2.42. The maximum atomic E-state index is 11.9. The molecule has 0 aromatic heterocycles. The highest BCUT2D eigenvalue weighted by Gasteiger charge is 2.12. The third-order valence-corrected chi connectivity index (χ3v) is 3.09. The van der Waals surface area contributed by atoms with Gasteiger partial charge in [-0.3, -0.25) is 0 Å². The van der Waals surface area contributed by atoms with Crippen LogP contribution in [0.1, 0.15) is 15.9 Å². The lowest BCUT2D eigenvalue weighted by atomic mass is 10.2. The number of para-hydroxylation sites is 1. The Morgan fingerprint density at radius 1 is 1.05 bits per heavy atom. The molecule has 2 aromatic carbocycles. The van der Waals surface area contributed by atoms with Gasteiger partial charge in [-0.25, -0.2) is 9.59 Å². The van der Waals surface area contributed by atoms with Crippen molar-refractivity contribution < 1.29 is 14.7 Å². The second-order valence-electron chi connectivity index (χ2n) is 4.41. The summed E-state index contributed by atoms with van der Waals surface area (Å²) in [6.45, 7) is 1.89. The van der Waals surface area contributed by atoms with Crippen molar-refractivity contribution in [2.24, 2.45) is 0 Å². The maximum Gasteiger partial charge on any atom is 0.337 e. The summed E-state index contributed by atoms with van der Waals surface area (Å²) < 4.78 is 0. The molecule has 3 N–H and O–H groups in total. The van der Waals surface area contributed by atoms with Gasteiger partial charge >= 0.3 is 12.0 Å². The normalized spacial score (nSPS) is 10.0. The predicted octanol–water partition coefficient (Wildman–Crippen LogP) is 3.99. The second kappa shape index (κ2) is 6.28. The monoisotopic (exact) mass is 304 g/mol. The zero-order valence-electron chi connectivity index (χ0n) is 11.2. The number of amides is 2. The fourth-order valence-corrected chi connectivity index (χ4v) is 2.06. The number of carboxylic acid groups (broad SMARTS) is 1. The Morgan fingerprint density at radius 2 is 1.71 bits per heavy atom. The van der Waals surface area contributed by atoms with Gasteiger partial charge in [0.15, 0.2) is 0 Å². The van der Waals surface area contributed by atoms with Crippen LogP contribution in [0.3, 0.4) is 0 Å². The van der Waals surface area contributed by atoms with Crippen molar-refractivity contribution in [3.63, 3.8) is 0 Å². The molecule has 0 atom stereocenters. The summed E-state index contributed by atoms with van der Waals surface area (Å²) in [7, 11) is 0. The summed E-state index contributed by atoms with van der Waals surface area (Å²) in [5.41, 5.74) is 1.66. The van der Waals surface area contributed by atoms with E-state index in [0.29, 0.717) is 10.7 Å². The number of urea groups is 1. The molecule has 0 aliphatic rings. The van der Waals surface area contributed by atoms with Gasteiger partial charge in [-0.2, -0.15) is 0 Å². The van der Waals surface area contributed by atoms with Crippen LogP contribution in [-0.2, 0) is 0 Å². The maximum absolute atomic E-state index is 11.9. The number of carboxylic acids is 1. The van der Waals surface area contributed by atoms with Crippen molar-refractivity contribution in [1.82, 2.24) is 0 Å². The van der Waals surface area contributed by atoms with E-state index in [0.717, 1.165) is 5.56 Å². The van der Waals surface area contributed by atoms with Crippen molar-refractivity contribution >= 4 is 35.0 Å². The Kier molecular flexibility index (Phi) is 4.45. The highest BCUT2D eigenvalue weighted by Crippen LogP contribution is 2.23.